The van der Waals surface area contributed by atoms with E-state index in [1.165, 1.54) is 18.4 Å². The smallest absolute Gasteiger partial charge is 0.271 e. The Bertz CT molecular complexity index is 329. The Morgan fingerprint density at radius 2 is 2.60 bits per heavy atom. The summed E-state index contributed by atoms with van der Waals surface area (Å²) in [6.07, 6.45) is 0. The van der Waals surface area contributed by atoms with Crippen LogP contribution in [-0.2, 0) is 4.74 Å². The summed E-state index contributed by atoms with van der Waals surface area (Å²) in [5, 5.41) is 13.4. The van der Waals surface area contributed by atoms with Gasteiger partial charge in [0.15, 0.2) is 5.13 Å². The van der Waals surface area contributed by atoms with Crippen LogP contribution in [0.4, 0.5) is 5.13 Å². The number of hydrogen-bond acceptors (Lipinski definition) is 6. The van der Waals surface area contributed by atoms with E-state index in [1.54, 1.807) is 5.38 Å². The number of rotatable bonds is 5. The first kappa shape index (κ1) is 11.9. The fraction of sp³-hybridized carbons (Fsp3) is 0.500. The van der Waals surface area contributed by atoms with E-state index in [0.29, 0.717) is 5.13 Å². The van der Waals surface area contributed by atoms with Crippen LogP contribution < -0.4 is 11.1 Å². The average Bonchev–Trinajstić information content (AvgIpc) is 2.64. The van der Waals surface area contributed by atoms with E-state index in [2.05, 4.69) is 10.3 Å². The molecular formula is C8H13N3O3S. The second kappa shape index (κ2) is 5.64. The second-order valence-electron chi connectivity index (χ2n) is 2.88. The number of carbonyl (C=O) groups excluding carboxylic acids is 1. The van der Waals surface area contributed by atoms with Crippen LogP contribution in [0.3, 0.4) is 0 Å². The van der Waals surface area contributed by atoms with E-state index in [-0.39, 0.29) is 24.8 Å². The van der Waals surface area contributed by atoms with Gasteiger partial charge in [-0.2, -0.15) is 0 Å². The first-order valence-electron chi connectivity index (χ1n) is 4.29. The molecule has 1 heterocycles. The van der Waals surface area contributed by atoms with Gasteiger partial charge in [-0.3, -0.25) is 4.79 Å². The molecule has 4 N–H and O–H groups in total. The van der Waals surface area contributed by atoms with Crippen molar-refractivity contribution in [1.82, 2.24) is 10.3 Å². The van der Waals surface area contributed by atoms with Gasteiger partial charge < -0.3 is 20.9 Å². The lowest BCUT2D eigenvalue weighted by Crippen LogP contribution is -2.40. The fourth-order valence-corrected chi connectivity index (χ4v) is 1.54. The maximum Gasteiger partial charge on any atom is 0.271 e. The van der Waals surface area contributed by atoms with Gasteiger partial charge in [-0.25, -0.2) is 4.98 Å². The fourth-order valence-electron chi connectivity index (χ4n) is 0.992. The van der Waals surface area contributed by atoms with Crippen molar-refractivity contribution in [2.24, 2.45) is 0 Å². The van der Waals surface area contributed by atoms with Gasteiger partial charge >= 0.3 is 0 Å². The van der Waals surface area contributed by atoms with Crippen LogP contribution in [0.25, 0.3) is 0 Å². The van der Waals surface area contributed by atoms with Gasteiger partial charge in [0.2, 0.25) is 0 Å². The zero-order valence-electron chi connectivity index (χ0n) is 8.27. The van der Waals surface area contributed by atoms with Crippen molar-refractivity contribution in [3.8, 4) is 0 Å². The van der Waals surface area contributed by atoms with Gasteiger partial charge in [0, 0.05) is 12.5 Å². The molecule has 0 spiro atoms. The lowest BCUT2D eigenvalue weighted by Gasteiger charge is -2.13. The van der Waals surface area contributed by atoms with Gasteiger partial charge in [-0.15, -0.1) is 11.3 Å². The molecular weight excluding hydrogens is 218 g/mol. The highest BCUT2D eigenvalue weighted by Crippen LogP contribution is 2.10. The highest BCUT2D eigenvalue weighted by Gasteiger charge is 2.14. The van der Waals surface area contributed by atoms with Crippen molar-refractivity contribution in [1.29, 1.82) is 0 Å². The van der Waals surface area contributed by atoms with E-state index in [9.17, 15) is 4.79 Å². The molecule has 0 aliphatic heterocycles. The molecule has 6 nitrogen and oxygen atoms in total. The lowest BCUT2D eigenvalue weighted by atomic mass is 10.3. The Morgan fingerprint density at radius 1 is 1.87 bits per heavy atom. The number of aliphatic hydroxyl groups is 1. The van der Waals surface area contributed by atoms with E-state index in [1.807, 2.05) is 0 Å². The maximum absolute atomic E-state index is 11.5. The normalized spacial score (nSPS) is 12.4. The van der Waals surface area contributed by atoms with Crippen LogP contribution >= 0.6 is 11.3 Å². The van der Waals surface area contributed by atoms with Crippen LogP contribution in [0.2, 0.25) is 0 Å². The number of carbonyl (C=O) groups is 1. The number of nitrogen functional groups attached to an aromatic ring is 1. The SMILES string of the molecule is COCC(CO)NC(=O)c1csc(N)n1. The number of amides is 1. The van der Waals surface area contributed by atoms with Crippen molar-refractivity contribution in [3.05, 3.63) is 11.1 Å². The number of anilines is 1. The molecule has 1 atom stereocenters. The first-order chi connectivity index (χ1) is 7.17. The number of nitrogens with zero attached hydrogens (tertiary/aromatic N) is 1. The number of aromatic nitrogens is 1. The van der Waals surface area contributed by atoms with Crippen molar-refractivity contribution < 1.29 is 14.6 Å². The summed E-state index contributed by atoms with van der Waals surface area (Å²) in [6.45, 7) is 0.0705. The molecule has 15 heavy (non-hydrogen) atoms. The Labute approximate surface area is 91.1 Å². The number of ether oxygens (including phenoxy) is 1. The van der Waals surface area contributed by atoms with Crippen molar-refractivity contribution in [3.63, 3.8) is 0 Å². The monoisotopic (exact) mass is 231 g/mol. The summed E-state index contributed by atoms with van der Waals surface area (Å²) in [6, 6.07) is -0.426. The average molecular weight is 231 g/mol. The lowest BCUT2D eigenvalue weighted by molar-refractivity contribution is 0.0836. The molecule has 7 heteroatoms. The van der Waals surface area contributed by atoms with Gasteiger partial charge in [0.1, 0.15) is 5.69 Å². The van der Waals surface area contributed by atoms with Gasteiger partial charge in [-0.1, -0.05) is 0 Å². The predicted octanol–water partition coefficient (Wildman–Crippen LogP) is -0.538. The van der Waals surface area contributed by atoms with Crippen LogP contribution in [-0.4, -0.2) is 42.4 Å². The minimum Gasteiger partial charge on any atom is -0.394 e. The summed E-state index contributed by atoms with van der Waals surface area (Å²) < 4.78 is 4.82. The molecule has 0 aromatic carbocycles. The number of methoxy groups -OCH3 is 1. The minimum absolute atomic E-state index is 0.181. The van der Waals surface area contributed by atoms with Gasteiger partial charge in [0.05, 0.1) is 19.3 Å². The Hall–Kier alpha value is -1.18. The standard InChI is InChI=1S/C8H13N3O3S/c1-14-3-5(2-12)10-7(13)6-4-15-8(9)11-6/h4-5,12H,2-3H2,1H3,(H2,9,11)(H,10,13). The number of thiazole rings is 1. The van der Waals surface area contributed by atoms with E-state index in [0.717, 1.165) is 0 Å². The highest BCUT2D eigenvalue weighted by atomic mass is 32.1. The molecule has 1 aromatic rings. The topological polar surface area (TPSA) is 97.5 Å². The highest BCUT2D eigenvalue weighted by molar-refractivity contribution is 7.13. The number of nitrogens with two attached hydrogens (primary N) is 1. The third-order valence-electron chi connectivity index (χ3n) is 1.68. The van der Waals surface area contributed by atoms with E-state index >= 15 is 0 Å². The van der Waals surface area contributed by atoms with Gasteiger partial charge in [-0.05, 0) is 0 Å². The molecule has 0 radical (unpaired) electrons. The van der Waals surface area contributed by atoms with Crippen molar-refractivity contribution in [2.75, 3.05) is 26.1 Å². The Kier molecular flexibility index (Phi) is 4.47. The number of nitrogens with one attached hydrogen (secondary N) is 1. The first-order valence-corrected chi connectivity index (χ1v) is 5.17. The molecule has 1 aromatic heterocycles. The quantitative estimate of drug-likeness (QED) is 0.632. The molecule has 0 saturated carbocycles. The van der Waals surface area contributed by atoms with E-state index < -0.39 is 6.04 Å². The predicted molar refractivity (Wildman–Crippen MR) is 56.7 cm³/mol. The molecule has 0 aliphatic carbocycles. The molecule has 0 saturated heterocycles. The van der Waals surface area contributed by atoms with Crippen LogP contribution in [0.15, 0.2) is 5.38 Å². The number of hydrogen-bond donors (Lipinski definition) is 3. The minimum atomic E-state index is -0.426. The van der Waals surface area contributed by atoms with Crippen LogP contribution in [0.5, 0.6) is 0 Å². The zero-order chi connectivity index (χ0) is 11.3. The summed E-state index contributed by atoms with van der Waals surface area (Å²) in [4.78, 5) is 15.3. The largest absolute Gasteiger partial charge is 0.394 e. The maximum atomic E-state index is 11.5. The van der Waals surface area contributed by atoms with Crippen LogP contribution in [0, 0.1) is 0 Å². The van der Waals surface area contributed by atoms with Gasteiger partial charge in [0.25, 0.3) is 5.91 Å². The molecule has 1 unspecified atom stereocenters. The zero-order valence-corrected chi connectivity index (χ0v) is 9.08. The van der Waals surface area contributed by atoms with Crippen LogP contribution in [0.1, 0.15) is 10.5 Å². The Morgan fingerprint density at radius 3 is 3.07 bits per heavy atom. The molecule has 1 rings (SSSR count). The molecule has 0 fully saturated rings. The summed E-state index contributed by atoms with van der Waals surface area (Å²) in [5.41, 5.74) is 5.65. The third-order valence-corrected chi connectivity index (χ3v) is 2.35. The van der Waals surface area contributed by atoms with Crippen molar-refractivity contribution >= 4 is 22.4 Å². The van der Waals surface area contributed by atoms with E-state index in [4.69, 9.17) is 15.6 Å². The second-order valence-corrected chi connectivity index (χ2v) is 3.77. The van der Waals surface area contributed by atoms with Crippen molar-refractivity contribution in [2.45, 2.75) is 6.04 Å². The molecule has 0 aliphatic rings. The molecule has 1 amide bonds. The number of aliphatic hydroxyl groups excluding tert-OH is 1. The third kappa shape index (κ3) is 3.46. The Balaban J connectivity index is 2.54. The molecule has 0 bridgehead atoms. The summed E-state index contributed by atoms with van der Waals surface area (Å²) in [5.74, 6) is -0.362. The summed E-state index contributed by atoms with van der Waals surface area (Å²) >= 11 is 1.19. The summed E-state index contributed by atoms with van der Waals surface area (Å²) in [7, 11) is 1.50. The molecule has 84 valence electrons.